The SMILES string of the molecule is O=C(Nc1nnc(SCCN2CCCCC2)s1)c1ccccc1Cl. The molecule has 1 aliphatic heterocycles. The predicted octanol–water partition coefficient (Wildman–Crippen LogP) is 4.02. The van der Waals surface area contributed by atoms with Crippen LogP contribution in [0.3, 0.4) is 0 Å². The van der Waals surface area contributed by atoms with Gasteiger partial charge in [0.05, 0.1) is 10.6 Å². The monoisotopic (exact) mass is 382 g/mol. The zero-order chi connectivity index (χ0) is 16.8. The number of hydrogen-bond acceptors (Lipinski definition) is 6. The van der Waals surface area contributed by atoms with E-state index < -0.39 is 0 Å². The van der Waals surface area contributed by atoms with Crippen molar-refractivity contribution in [2.45, 2.75) is 23.6 Å². The second-order valence-corrected chi connectivity index (χ2v) is 8.28. The van der Waals surface area contributed by atoms with Gasteiger partial charge in [-0.2, -0.15) is 0 Å². The van der Waals surface area contributed by atoms with Crippen molar-refractivity contribution >= 4 is 45.7 Å². The number of amides is 1. The molecule has 2 heterocycles. The fraction of sp³-hybridized carbons (Fsp3) is 0.438. The lowest BCUT2D eigenvalue weighted by atomic mass is 10.1. The van der Waals surface area contributed by atoms with Gasteiger partial charge in [0.1, 0.15) is 0 Å². The molecule has 0 aliphatic carbocycles. The molecule has 0 spiro atoms. The van der Waals surface area contributed by atoms with Gasteiger partial charge >= 0.3 is 0 Å². The van der Waals surface area contributed by atoms with Gasteiger partial charge in [-0.25, -0.2) is 0 Å². The van der Waals surface area contributed by atoms with Gasteiger partial charge in [0.2, 0.25) is 5.13 Å². The van der Waals surface area contributed by atoms with Crippen molar-refractivity contribution in [2.24, 2.45) is 0 Å². The molecule has 0 bridgehead atoms. The first-order valence-corrected chi connectivity index (χ1v) is 10.1. The van der Waals surface area contributed by atoms with Crippen LogP contribution in [0.4, 0.5) is 5.13 Å². The van der Waals surface area contributed by atoms with E-state index in [0.29, 0.717) is 15.7 Å². The third-order valence-corrected chi connectivity index (χ3v) is 6.11. The van der Waals surface area contributed by atoms with E-state index in [0.717, 1.165) is 16.6 Å². The first-order chi connectivity index (χ1) is 11.7. The lowest BCUT2D eigenvalue weighted by molar-refractivity contribution is 0.102. The Bertz CT molecular complexity index is 688. The number of nitrogens with one attached hydrogen (secondary N) is 1. The van der Waals surface area contributed by atoms with Crippen LogP contribution in [0, 0.1) is 0 Å². The Kier molecular flexibility index (Phi) is 6.48. The largest absolute Gasteiger partial charge is 0.303 e. The van der Waals surface area contributed by atoms with Crippen LogP contribution in [-0.4, -0.2) is 46.4 Å². The minimum Gasteiger partial charge on any atom is -0.303 e. The Labute approximate surface area is 154 Å². The third kappa shape index (κ3) is 4.92. The van der Waals surface area contributed by atoms with Crippen LogP contribution in [0.5, 0.6) is 0 Å². The van der Waals surface area contributed by atoms with Crippen LogP contribution in [0.25, 0.3) is 0 Å². The number of piperidine rings is 1. The average molecular weight is 383 g/mol. The van der Waals surface area contributed by atoms with Gasteiger partial charge in [0, 0.05) is 12.3 Å². The summed E-state index contributed by atoms with van der Waals surface area (Å²) in [7, 11) is 0. The standard InChI is InChI=1S/C16H19ClN4OS2/c17-13-7-3-2-6-12(13)14(22)18-15-19-20-16(24-15)23-11-10-21-8-4-1-5-9-21/h2-3,6-7H,1,4-5,8-11H2,(H,18,19,22). The zero-order valence-corrected chi connectivity index (χ0v) is 15.6. The molecule has 1 saturated heterocycles. The van der Waals surface area contributed by atoms with Gasteiger partial charge < -0.3 is 4.90 Å². The van der Waals surface area contributed by atoms with Gasteiger partial charge in [-0.3, -0.25) is 10.1 Å². The average Bonchev–Trinajstić information content (AvgIpc) is 3.03. The molecule has 1 aliphatic rings. The number of hydrogen-bond donors (Lipinski definition) is 1. The fourth-order valence-corrected chi connectivity index (χ4v) is 4.61. The van der Waals surface area contributed by atoms with E-state index in [-0.39, 0.29) is 5.91 Å². The number of benzene rings is 1. The number of halogens is 1. The van der Waals surface area contributed by atoms with Gasteiger partial charge in [-0.05, 0) is 38.1 Å². The lowest BCUT2D eigenvalue weighted by Gasteiger charge is -2.25. The van der Waals surface area contributed by atoms with E-state index in [2.05, 4.69) is 20.4 Å². The molecule has 24 heavy (non-hydrogen) atoms. The Morgan fingerprint density at radius 2 is 2.04 bits per heavy atom. The molecule has 1 aromatic carbocycles. The summed E-state index contributed by atoms with van der Waals surface area (Å²) in [6.45, 7) is 3.48. The summed E-state index contributed by atoms with van der Waals surface area (Å²) in [5, 5.41) is 11.9. The number of carbonyl (C=O) groups is 1. The number of nitrogens with zero attached hydrogens (tertiary/aromatic N) is 3. The molecule has 0 radical (unpaired) electrons. The highest BCUT2D eigenvalue weighted by molar-refractivity contribution is 8.01. The van der Waals surface area contributed by atoms with E-state index in [1.54, 1.807) is 36.0 Å². The van der Waals surface area contributed by atoms with E-state index in [1.807, 2.05) is 0 Å². The molecule has 0 atom stereocenters. The number of likely N-dealkylation sites (tertiary alicyclic amines) is 1. The molecular formula is C16H19ClN4OS2. The Hall–Kier alpha value is -1.15. The minimum atomic E-state index is -0.262. The highest BCUT2D eigenvalue weighted by atomic mass is 35.5. The van der Waals surface area contributed by atoms with E-state index in [9.17, 15) is 4.79 Å². The van der Waals surface area contributed by atoms with Gasteiger partial charge in [0.25, 0.3) is 5.91 Å². The summed E-state index contributed by atoms with van der Waals surface area (Å²) in [5.74, 6) is 0.731. The molecule has 3 rings (SSSR count). The second-order valence-electron chi connectivity index (χ2n) is 5.56. The van der Waals surface area contributed by atoms with Crippen LogP contribution in [-0.2, 0) is 0 Å². The summed E-state index contributed by atoms with van der Waals surface area (Å²) in [6, 6.07) is 6.95. The molecular weight excluding hydrogens is 364 g/mol. The molecule has 1 amide bonds. The van der Waals surface area contributed by atoms with Gasteiger partial charge in [-0.1, -0.05) is 53.3 Å². The molecule has 5 nitrogen and oxygen atoms in total. The highest BCUT2D eigenvalue weighted by Gasteiger charge is 2.14. The fourth-order valence-electron chi connectivity index (χ4n) is 2.57. The van der Waals surface area contributed by atoms with Crippen LogP contribution in [0.1, 0.15) is 29.6 Å². The van der Waals surface area contributed by atoms with Crippen LogP contribution >= 0.6 is 34.7 Å². The van der Waals surface area contributed by atoms with Crippen molar-refractivity contribution in [3.05, 3.63) is 34.9 Å². The van der Waals surface area contributed by atoms with Crippen LogP contribution in [0.2, 0.25) is 5.02 Å². The summed E-state index contributed by atoms with van der Waals surface area (Å²) >= 11 is 9.11. The van der Waals surface area contributed by atoms with Gasteiger partial charge in [0.15, 0.2) is 4.34 Å². The highest BCUT2D eigenvalue weighted by Crippen LogP contribution is 2.26. The van der Waals surface area contributed by atoms with E-state index in [1.165, 1.54) is 43.7 Å². The molecule has 128 valence electrons. The van der Waals surface area contributed by atoms with Crippen molar-refractivity contribution in [2.75, 3.05) is 30.7 Å². The van der Waals surface area contributed by atoms with Crippen molar-refractivity contribution in [1.29, 1.82) is 0 Å². The summed E-state index contributed by atoms with van der Waals surface area (Å²) in [4.78, 5) is 14.7. The first-order valence-electron chi connectivity index (χ1n) is 7.97. The van der Waals surface area contributed by atoms with Crippen LogP contribution in [0.15, 0.2) is 28.6 Å². The van der Waals surface area contributed by atoms with E-state index >= 15 is 0 Å². The Balaban J connectivity index is 1.48. The number of carbonyl (C=O) groups excluding carboxylic acids is 1. The minimum absolute atomic E-state index is 0.262. The second kappa shape index (κ2) is 8.80. The number of thioether (sulfide) groups is 1. The normalized spacial score (nSPS) is 15.4. The predicted molar refractivity (Wildman–Crippen MR) is 100 cm³/mol. The smallest absolute Gasteiger partial charge is 0.259 e. The number of aromatic nitrogens is 2. The zero-order valence-electron chi connectivity index (χ0n) is 13.2. The van der Waals surface area contributed by atoms with Crippen molar-refractivity contribution in [1.82, 2.24) is 15.1 Å². The van der Waals surface area contributed by atoms with Crippen molar-refractivity contribution in [3.63, 3.8) is 0 Å². The molecule has 8 heteroatoms. The van der Waals surface area contributed by atoms with Crippen molar-refractivity contribution in [3.8, 4) is 0 Å². The molecule has 2 aromatic rings. The Morgan fingerprint density at radius 1 is 1.25 bits per heavy atom. The number of anilines is 1. The van der Waals surface area contributed by atoms with Crippen molar-refractivity contribution < 1.29 is 4.79 Å². The summed E-state index contributed by atoms with van der Waals surface area (Å²) < 4.78 is 0.876. The Morgan fingerprint density at radius 3 is 2.83 bits per heavy atom. The maximum atomic E-state index is 12.2. The first kappa shape index (κ1) is 17.7. The third-order valence-electron chi connectivity index (χ3n) is 3.83. The number of rotatable bonds is 6. The summed E-state index contributed by atoms with van der Waals surface area (Å²) in [6.07, 6.45) is 3.97. The molecule has 0 saturated carbocycles. The molecule has 1 aromatic heterocycles. The quantitative estimate of drug-likeness (QED) is 0.604. The maximum absolute atomic E-state index is 12.2. The lowest BCUT2D eigenvalue weighted by Crippen LogP contribution is -2.31. The maximum Gasteiger partial charge on any atom is 0.259 e. The molecule has 1 fully saturated rings. The van der Waals surface area contributed by atoms with Gasteiger partial charge in [-0.15, -0.1) is 10.2 Å². The topological polar surface area (TPSA) is 58.1 Å². The molecule has 0 unspecified atom stereocenters. The van der Waals surface area contributed by atoms with Crippen LogP contribution < -0.4 is 5.32 Å². The van der Waals surface area contributed by atoms with E-state index in [4.69, 9.17) is 11.6 Å². The molecule has 1 N–H and O–H groups in total. The summed E-state index contributed by atoms with van der Waals surface area (Å²) in [5.41, 5.74) is 0.439.